The van der Waals surface area contributed by atoms with E-state index in [0.29, 0.717) is 6.54 Å². The second-order valence-corrected chi connectivity index (χ2v) is 7.05. The lowest BCUT2D eigenvalue weighted by atomic mass is 9.99. The maximum absolute atomic E-state index is 11.9. The molecule has 0 radical (unpaired) electrons. The zero-order valence-corrected chi connectivity index (χ0v) is 16.5. The number of aliphatic imine (C=N–C) groups is 1. The monoisotopic (exact) mass is 361 g/mol. The molecule has 1 saturated heterocycles. The summed E-state index contributed by atoms with van der Waals surface area (Å²) in [5.41, 5.74) is 1.24. The summed E-state index contributed by atoms with van der Waals surface area (Å²) in [5.74, 6) is 1.76. The van der Waals surface area contributed by atoms with Crippen LogP contribution in [0.1, 0.15) is 26.3 Å². The van der Waals surface area contributed by atoms with Gasteiger partial charge in [0.25, 0.3) is 0 Å². The number of esters is 1. The van der Waals surface area contributed by atoms with Gasteiger partial charge in [0.1, 0.15) is 5.75 Å². The van der Waals surface area contributed by atoms with Crippen molar-refractivity contribution < 1.29 is 14.3 Å². The van der Waals surface area contributed by atoms with Gasteiger partial charge in [-0.15, -0.1) is 0 Å². The summed E-state index contributed by atoms with van der Waals surface area (Å²) < 4.78 is 10.6. The maximum atomic E-state index is 11.9. The van der Waals surface area contributed by atoms with Crippen LogP contribution in [0.5, 0.6) is 5.75 Å². The zero-order chi connectivity index (χ0) is 19.1. The quantitative estimate of drug-likeness (QED) is 0.479. The van der Waals surface area contributed by atoms with E-state index in [4.69, 9.17) is 9.47 Å². The summed E-state index contributed by atoms with van der Waals surface area (Å²) in [7, 11) is 3.22. The molecule has 1 aromatic carbocycles. The summed E-state index contributed by atoms with van der Waals surface area (Å²) >= 11 is 0. The Kier molecular flexibility index (Phi) is 7.30. The van der Waals surface area contributed by atoms with E-state index in [9.17, 15) is 4.79 Å². The molecule has 1 aliphatic heterocycles. The minimum absolute atomic E-state index is 0.0907. The Bertz CT molecular complexity index is 613. The largest absolute Gasteiger partial charge is 0.491 e. The Hall–Kier alpha value is -2.24. The highest BCUT2D eigenvalue weighted by atomic mass is 16.5. The Balaban J connectivity index is 1.83. The molecular formula is C20H31N3O3. The zero-order valence-electron chi connectivity index (χ0n) is 16.5. The van der Waals surface area contributed by atoms with Crippen molar-refractivity contribution in [3.05, 3.63) is 29.8 Å². The van der Waals surface area contributed by atoms with E-state index in [0.717, 1.165) is 31.2 Å². The minimum Gasteiger partial charge on any atom is -0.491 e. The van der Waals surface area contributed by atoms with Gasteiger partial charge in [-0.25, -0.2) is 0 Å². The predicted molar refractivity (Wildman–Crippen MR) is 104 cm³/mol. The summed E-state index contributed by atoms with van der Waals surface area (Å²) in [6.45, 7) is 8.36. The molecule has 0 bridgehead atoms. The number of guanidine groups is 1. The third-order valence-corrected chi connectivity index (χ3v) is 4.62. The molecule has 144 valence electrons. The van der Waals surface area contributed by atoms with Gasteiger partial charge < -0.3 is 19.7 Å². The molecule has 6 heteroatoms. The fraction of sp³-hybridized carbons (Fsp3) is 0.600. The van der Waals surface area contributed by atoms with E-state index < -0.39 is 0 Å². The van der Waals surface area contributed by atoms with E-state index in [2.05, 4.69) is 34.3 Å². The first-order valence-electron chi connectivity index (χ1n) is 9.23. The normalized spacial score (nSPS) is 20.4. The standard InChI is InChI=1S/C20H31N3O3/c1-14(2)26-17-8-6-16(7-9-17)10-11-22-20(21-4)23-12-15(3)18(13-23)19(24)25-5/h6-9,14-15,18H,10-13H2,1-5H3,(H,21,22). The van der Waals surface area contributed by atoms with Crippen LogP contribution in [0.15, 0.2) is 29.3 Å². The molecular weight excluding hydrogens is 330 g/mol. The molecule has 0 aromatic heterocycles. The molecule has 0 amide bonds. The highest BCUT2D eigenvalue weighted by molar-refractivity contribution is 5.82. The van der Waals surface area contributed by atoms with Gasteiger partial charge in [0.15, 0.2) is 5.96 Å². The van der Waals surface area contributed by atoms with Crippen molar-refractivity contribution in [1.82, 2.24) is 10.2 Å². The topological polar surface area (TPSA) is 63.2 Å². The van der Waals surface area contributed by atoms with Crippen LogP contribution in [0.25, 0.3) is 0 Å². The van der Waals surface area contributed by atoms with Crippen LogP contribution in [0.4, 0.5) is 0 Å². The van der Waals surface area contributed by atoms with E-state index >= 15 is 0 Å². The molecule has 26 heavy (non-hydrogen) atoms. The molecule has 1 aromatic rings. The average Bonchev–Trinajstić information content (AvgIpc) is 3.00. The van der Waals surface area contributed by atoms with E-state index in [1.54, 1.807) is 7.05 Å². The van der Waals surface area contributed by atoms with Crippen LogP contribution in [0.2, 0.25) is 0 Å². The van der Waals surface area contributed by atoms with Crippen LogP contribution < -0.4 is 10.1 Å². The average molecular weight is 361 g/mol. The fourth-order valence-corrected chi connectivity index (χ4v) is 3.26. The number of carbonyl (C=O) groups is 1. The van der Waals surface area contributed by atoms with Crippen molar-refractivity contribution in [1.29, 1.82) is 0 Å². The van der Waals surface area contributed by atoms with Crippen molar-refractivity contribution in [2.24, 2.45) is 16.8 Å². The molecule has 0 aliphatic carbocycles. The minimum atomic E-state index is -0.140. The van der Waals surface area contributed by atoms with E-state index in [-0.39, 0.29) is 23.9 Å². The first-order valence-corrected chi connectivity index (χ1v) is 9.23. The number of nitrogens with zero attached hydrogens (tertiary/aromatic N) is 2. The highest BCUT2D eigenvalue weighted by Crippen LogP contribution is 2.24. The van der Waals surface area contributed by atoms with Crippen molar-refractivity contribution >= 4 is 11.9 Å². The molecule has 1 fully saturated rings. The third-order valence-electron chi connectivity index (χ3n) is 4.62. The number of carbonyl (C=O) groups excluding carboxylic acids is 1. The number of hydrogen-bond donors (Lipinski definition) is 1. The Morgan fingerprint density at radius 2 is 2.00 bits per heavy atom. The lowest BCUT2D eigenvalue weighted by Gasteiger charge is -2.21. The van der Waals surface area contributed by atoms with E-state index in [1.807, 2.05) is 26.0 Å². The molecule has 2 unspecified atom stereocenters. The summed E-state index contributed by atoms with van der Waals surface area (Å²) in [6, 6.07) is 8.20. The van der Waals surface area contributed by atoms with Crippen molar-refractivity contribution in [3.63, 3.8) is 0 Å². The first-order chi connectivity index (χ1) is 12.4. The van der Waals surface area contributed by atoms with E-state index in [1.165, 1.54) is 12.7 Å². The molecule has 2 atom stereocenters. The van der Waals surface area contributed by atoms with Gasteiger partial charge in [0.05, 0.1) is 19.1 Å². The van der Waals surface area contributed by atoms with Gasteiger partial charge in [0.2, 0.25) is 0 Å². The van der Waals surface area contributed by atoms with Crippen molar-refractivity contribution in [2.45, 2.75) is 33.3 Å². The highest BCUT2D eigenvalue weighted by Gasteiger charge is 2.36. The van der Waals surface area contributed by atoms with Gasteiger partial charge in [-0.05, 0) is 43.9 Å². The number of benzene rings is 1. The third kappa shape index (κ3) is 5.38. The Morgan fingerprint density at radius 1 is 1.31 bits per heavy atom. The smallest absolute Gasteiger partial charge is 0.310 e. The van der Waals surface area contributed by atoms with Crippen molar-refractivity contribution in [3.8, 4) is 5.75 Å². The molecule has 0 spiro atoms. The summed E-state index contributed by atoms with van der Waals surface area (Å²) in [4.78, 5) is 18.3. The van der Waals surface area contributed by atoms with Gasteiger partial charge in [0, 0.05) is 26.7 Å². The van der Waals surface area contributed by atoms with Crippen LogP contribution in [-0.2, 0) is 16.0 Å². The predicted octanol–water partition coefficient (Wildman–Crippen LogP) is 2.33. The number of ether oxygens (including phenoxy) is 2. The number of nitrogens with one attached hydrogen (secondary N) is 1. The molecule has 1 aliphatic rings. The summed E-state index contributed by atoms with van der Waals surface area (Å²) in [6.07, 6.45) is 1.08. The van der Waals surface area contributed by atoms with Crippen LogP contribution in [0.3, 0.4) is 0 Å². The number of methoxy groups -OCH3 is 1. The van der Waals surface area contributed by atoms with Gasteiger partial charge in [-0.2, -0.15) is 0 Å². The number of hydrogen-bond acceptors (Lipinski definition) is 4. The number of likely N-dealkylation sites (tertiary alicyclic amines) is 1. The van der Waals surface area contributed by atoms with Crippen LogP contribution in [0, 0.1) is 11.8 Å². The lowest BCUT2D eigenvalue weighted by molar-refractivity contribution is -0.145. The number of rotatable bonds is 6. The molecule has 1 N–H and O–H groups in total. The molecule has 0 saturated carbocycles. The second kappa shape index (κ2) is 9.46. The SMILES string of the molecule is CN=C(NCCc1ccc(OC(C)C)cc1)N1CC(C)C(C(=O)OC)C1. The first kappa shape index (κ1) is 20.1. The van der Waals surface area contributed by atoms with Crippen LogP contribution >= 0.6 is 0 Å². The van der Waals surface area contributed by atoms with Gasteiger partial charge in [-0.1, -0.05) is 19.1 Å². The van der Waals surface area contributed by atoms with Gasteiger partial charge in [-0.3, -0.25) is 9.79 Å². The summed E-state index contributed by atoms with van der Waals surface area (Å²) in [5, 5.41) is 3.40. The van der Waals surface area contributed by atoms with Crippen molar-refractivity contribution in [2.75, 3.05) is 33.8 Å². The lowest BCUT2D eigenvalue weighted by Crippen LogP contribution is -2.41. The van der Waals surface area contributed by atoms with Crippen LogP contribution in [-0.4, -0.2) is 56.7 Å². The molecule has 6 nitrogen and oxygen atoms in total. The Morgan fingerprint density at radius 3 is 2.58 bits per heavy atom. The second-order valence-electron chi connectivity index (χ2n) is 7.05. The molecule has 1 heterocycles. The van der Waals surface area contributed by atoms with Gasteiger partial charge >= 0.3 is 5.97 Å². The maximum Gasteiger partial charge on any atom is 0.310 e. The Labute approximate surface area is 156 Å². The molecule has 2 rings (SSSR count). The fourth-order valence-electron chi connectivity index (χ4n) is 3.26.